The molecule has 1 amide bonds. The Balaban J connectivity index is 2.04. The summed E-state index contributed by atoms with van der Waals surface area (Å²) in [5, 5.41) is 9.27. The molecule has 1 aliphatic rings. The summed E-state index contributed by atoms with van der Waals surface area (Å²) in [6, 6.07) is 9.59. The molecule has 1 aromatic carbocycles. The average Bonchev–Trinajstić information content (AvgIpc) is 3.09. The number of amides is 1. The van der Waals surface area contributed by atoms with Crippen LogP contribution < -0.4 is 0 Å². The van der Waals surface area contributed by atoms with Crippen LogP contribution in [0.1, 0.15) is 17.9 Å². The van der Waals surface area contributed by atoms with E-state index in [0.29, 0.717) is 0 Å². The summed E-state index contributed by atoms with van der Waals surface area (Å²) in [5.74, 6) is 0.252. The van der Waals surface area contributed by atoms with Gasteiger partial charge in [-0.2, -0.15) is 5.26 Å². The summed E-state index contributed by atoms with van der Waals surface area (Å²) in [6.45, 7) is 0.143. The lowest BCUT2D eigenvalue weighted by Crippen LogP contribution is -2.28. The Morgan fingerprint density at radius 1 is 1.59 bits per heavy atom. The van der Waals surface area contributed by atoms with Crippen LogP contribution in [0.25, 0.3) is 0 Å². The van der Waals surface area contributed by atoms with Crippen LogP contribution in [0.3, 0.4) is 0 Å². The van der Waals surface area contributed by atoms with Gasteiger partial charge < -0.3 is 4.90 Å². The normalized spacial score (nSPS) is 21.7. The Bertz CT molecular complexity index is 481. The van der Waals surface area contributed by atoms with Crippen molar-refractivity contribution in [2.24, 2.45) is 5.92 Å². The molecule has 0 spiro atoms. The molecule has 1 fully saturated rings. The molecule has 2 rings (SSSR count). The summed E-state index contributed by atoms with van der Waals surface area (Å²) in [6.07, 6.45) is 0.832. The molecule has 2 atom stereocenters. The van der Waals surface area contributed by atoms with Crippen molar-refractivity contribution in [3.63, 3.8) is 0 Å². The Hall–Kier alpha value is -1.53. The van der Waals surface area contributed by atoms with Gasteiger partial charge in [0.1, 0.15) is 6.54 Å². The van der Waals surface area contributed by atoms with Crippen molar-refractivity contribution in [3.05, 3.63) is 34.9 Å². The zero-order chi connectivity index (χ0) is 12.4. The molecule has 0 unspecified atom stereocenters. The minimum Gasteiger partial charge on any atom is -0.332 e. The van der Waals surface area contributed by atoms with Gasteiger partial charge in [0.25, 0.3) is 0 Å². The van der Waals surface area contributed by atoms with Crippen LogP contribution in [0.2, 0.25) is 5.02 Å². The largest absolute Gasteiger partial charge is 0.332 e. The minimum absolute atomic E-state index is 0.00625. The fourth-order valence-corrected chi connectivity index (χ4v) is 2.33. The van der Waals surface area contributed by atoms with Gasteiger partial charge in [0.05, 0.1) is 6.07 Å². The summed E-state index contributed by atoms with van der Waals surface area (Å²) in [5.41, 5.74) is 1.04. The van der Waals surface area contributed by atoms with Crippen molar-refractivity contribution in [2.75, 3.05) is 13.6 Å². The van der Waals surface area contributed by atoms with Gasteiger partial charge in [0.2, 0.25) is 5.91 Å². The molecule has 1 aliphatic carbocycles. The van der Waals surface area contributed by atoms with Gasteiger partial charge in [-0.3, -0.25) is 4.79 Å². The Labute approximate surface area is 106 Å². The highest BCUT2D eigenvalue weighted by atomic mass is 35.5. The van der Waals surface area contributed by atoms with Gasteiger partial charge >= 0.3 is 0 Å². The molecular formula is C13H13ClN2O. The van der Waals surface area contributed by atoms with Crippen LogP contribution in [0.15, 0.2) is 24.3 Å². The Morgan fingerprint density at radius 3 is 2.94 bits per heavy atom. The first kappa shape index (κ1) is 11.9. The van der Waals surface area contributed by atoms with Gasteiger partial charge in [-0.1, -0.05) is 29.8 Å². The van der Waals surface area contributed by atoms with Crippen LogP contribution in [0, 0.1) is 17.2 Å². The maximum Gasteiger partial charge on any atom is 0.226 e. The lowest BCUT2D eigenvalue weighted by Gasteiger charge is -2.12. The Kier molecular flexibility index (Phi) is 3.35. The number of hydrogen-bond donors (Lipinski definition) is 0. The first-order valence-corrected chi connectivity index (χ1v) is 5.89. The third-order valence-corrected chi connectivity index (χ3v) is 3.44. The molecule has 4 heteroatoms. The summed E-state index contributed by atoms with van der Waals surface area (Å²) in [4.78, 5) is 13.4. The second-order valence-corrected chi connectivity index (χ2v) is 4.73. The molecule has 0 bridgehead atoms. The second kappa shape index (κ2) is 4.77. The van der Waals surface area contributed by atoms with Crippen LogP contribution in [-0.2, 0) is 4.79 Å². The lowest BCUT2D eigenvalue weighted by atomic mass is 10.1. The first-order chi connectivity index (χ1) is 8.15. The van der Waals surface area contributed by atoms with Crippen LogP contribution in [0.5, 0.6) is 0 Å². The van der Waals surface area contributed by atoms with E-state index in [-0.39, 0.29) is 24.3 Å². The van der Waals surface area contributed by atoms with Gasteiger partial charge in [0.15, 0.2) is 0 Å². The lowest BCUT2D eigenvalue weighted by molar-refractivity contribution is -0.130. The molecule has 0 heterocycles. The van der Waals surface area contributed by atoms with Gasteiger partial charge in [0, 0.05) is 18.0 Å². The zero-order valence-corrected chi connectivity index (χ0v) is 10.3. The zero-order valence-electron chi connectivity index (χ0n) is 9.56. The van der Waals surface area contributed by atoms with Crippen LogP contribution in [-0.4, -0.2) is 24.4 Å². The highest BCUT2D eigenvalue weighted by Gasteiger charge is 2.45. The molecule has 0 N–H and O–H groups in total. The standard InChI is InChI=1S/C13H13ClN2O/c1-16(7-6-15)13(17)11-8-10(11)9-4-2-3-5-12(9)14/h2-5,10-11H,7-8H2,1H3/t10-,11+/m1/s1. The minimum atomic E-state index is -0.00625. The first-order valence-electron chi connectivity index (χ1n) is 5.51. The van der Waals surface area contributed by atoms with Gasteiger partial charge in [-0.15, -0.1) is 0 Å². The highest BCUT2D eigenvalue weighted by Crippen LogP contribution is 2.50. The SMILES string of the molecule is CN(CC#N)C(=O)[C@H]1C[C@@H]1c1ccccc1Cl. The van der Waals surface area contributed by atoms with E-state index >= 15 is 0 Å². The van der Waals surface area contributed by atoms with Crippen LogP contribution in [0.4, 0.5) is 0 Å². The number of halogens is 1. The number of nitrogens with zero attached hydrogens (tertiary/aromatic N) is 2. The average molecular weight is 249 g/mol. The maximum absolute atomic E-state index is 11.9. The van der Waals surface area contributed by atoms with E-state index in [2.05, 4.69) is 0 Å². The number of rotatable bonds is 3. The predicted molar refractivity (Wildman–Crippen MR) is 65.6 cm³/mol. The van der Waals surface area contributed by atoms with E-state index in [1.165, 1.54) is 4.90 Å². The molecule has 1 aromatic rings. The van der Waals surface area contributed by atoms with Crippen molar-refractivity contribution in [3.8, 4) is 6.07 Å². The second-order valence-electron chi connectivity index (χ2n) is 4.32. The smallest absolute Gasteiger partial charge is 0.226 e. The van der Waals surface area contributed by atoms with Crippen molar-refractivity contribution >= 4 is 17.5 Å². The number of benzene rings is 1. The van der Waals surface area contributed by atoms with Crippen molar-refractivity contribution in [1.82, 2.24) is 4.90 Å². The fraction of sp³-hybridized carbons (Fsp3) is 0.385. The summed E-state index contributed by atoms with van der Waals surface area (Å²) < 4.78 is 0. The number of carbonyl (C=O) groups excluding carboxylic acids is 1. The quantitative estimate of drug-likeness (QED) is 0.771. The molecule has 3 nitrogen and oxygen atoms in total. The molecule has 0 saturated heterocycles. The number of carbonyl (C=O) groups is 1. The molecule has 0 radical (unpaired) electrons. The molecule has 0 aliphatic heterocycles. The molecule has 0 aromatic heterocycles. The molecule has 1 saturated carbocycles. The van der Waals surface area contributed by atoms with E-state index in [1.807, 2.05) is 30.3 Å². The fourth-order valence-electron chi connectivity index (χ4n) is 2.05. The molecule has 17 heavy (non-hydrogen) atoms. The Morgan fingerprint density at radius 2 is 2.29 bits per heavy atom. The van der Waals surface area contributed by atoms with E-state index in [0.717, 1.165) is 17.0 Å². The van der Waals surface area contributed by atoms with Gasteiger partial charge in [-0.05, 0) is 24.0 Å². The highest BCUT2D eigenvalue weighted by molar-refractivity contribution is 6.31. The maximum atomic E-state index is 11.9. The van der Waals surface area contributed by atoms with E-state index < -0.39 is 0 Å². The molecular weight excluding hydrogens is 236 g/mol. The van der Waals surface area contributed by atoms with Crippen molar-refractivity contribution in [1.29, 1.82) is 5.26 Å². The van der Waals surface area contributed by atoms with Gasteiger partial charge in [-0.25, -0.2) is 0 Å². The van der Waals surface area contributed by atoms with Crippen LogP contribution >= 0.6 is 11.6 Å². The summed E-state index contributed by atoms with van der Waals surface area (Å²) >= 11 is 6.09. The summed E-state index contributed by atoms with van der Waals surface area (Å²) in [7, 11) is 1.66. The number of nitriles is 1. The van der Waals surface area contributed by atoms with E-state index in [9.17, 15) is 4.79 Å². The third kappa shape index (κ3) is 2.42. The van der Waals surface area contributed by atoms with E-state index in [4.69, 9.17) is 16.9 Å². The van der Waals surface area contributed by atoms with Crippen molar-refractivity contribution < 1.29 is 4.79 Å². The third-order valence-electron chi connectivity index (χ3n) is 3.10. The number of hydrogen-bond acceptors (Lipinski definition) is 2. The van der Waals surface area contributed by atoms with E-state index in [1.54, 1.807) is 7.05 Å². The predicted octanol–water partition coefficient (Wildman–Crippen LogP) is 2.43. The van der Waals surface area contributed by atoms with Crippen molar-refractivity contribution in [2.45, 2.75) is 12.3 Å². The monoisotopic (exact) mass is 248 g/mol. The molecule has 88 valence electrons. The topological polar surface area (TPSA) is 44.1 Å².